The lowest BCUT2D eigenvalue weighted by molar-refractivity contribution is 1.06. The predicted octanol–water partition coefficient (Wildman–Crippen LogP) is 7.33. The van der Waals surface area contributed by atoms with Gasteiger partial charge in [0.25, 0.3) is 0 Å². The average Bonchev–Trinajstić information content (AvgIpc) is 3.03. The summed E-state index contributed by atoms with van der Waals surface area (Å²) in [6.45, 7) is 0. The molecule has 1 aliphatic rings. The SMILES string of the molecule is CN(C)c1ccc([N+](=C2C=CC(=[N+](c3ccc(N(C)C)cc3)c3ccc(N(C)C)cc3)C=C2)c2ccc(N(C)C)cc2)cc1. The van der Waals surface area contributed by atoms with Crippen molar-refractivity contribution in [3.8, 4) is 0 Å². The van der Waals surface area contributed by atoms with E-state index in [-0.39, 0.29) is 0 Å². The van der Waals surface area contributed by atoms with Crippen molar-refractivity contribution >= 4 is 56.9 Å². The normalized spacial score (nSPS) is 12.3. The van der Waals surface area contributed by atoms with E-state index in [0.29, 0.717) is 0 Å². The molecule has 6 nitrogen and oxygen atoms in total. The van der Waals surface area contributed by atoms with Crippen LogP contribution in [-0.2, 0) is 0 Å². The fourth-order valence-electron chi connectivity index (χ4n) is 5.24. The number of rotatable bonds is 8. The molecule has 224 valence electrons. The summed E-state index contributed by atoms with van der Waals surface area (Å²) in [5, 5.41) is 0. The fraction of sp³-hybridized carbons (Fsp3) is 0.211. The van der Waals surface area contributed by atoms with E-state index in [0.717, 1.165) is 34.2 Å². The van der Waals surface area contributed by atoms with Crippen LogP contribution in [0.2, 0.25) is 0 Å². The number of hydrogen-bond acceptors (Lipinski definition) is 4. The highest BCUT2D eigenvalue weighted by molar-refractivity contribution is 6.20. The molecular formula is C38H44N6+2. The summed E-state index contributed by atoms with van der Waals surface area (Å²) in [6, 6.07) is 34.9. The highest BCUT2D eigenvalue weighted by Crippen LogP contribution is 2.29. The van der Waals surface area contributed by atoms with Crippen molar-refractivity contribution in [2.75, 3.05) is 76.0 Å². The summed E-state index contributed by atoms with van der Waals surface area (Å²) in [4.78, 5) is 8.50. The first-order valence-electron chi connectivity index (χ1n) is 14.9. The van der Waals surface area contributed by atoms with Gasteiger partial charge in [0.1, 0.15) is 0 Å². The molecule has 4 aromatic rings. The molecule has 0 bridgehead atoms. The zero-order valence-corrected chi connectivity index (χ0v) is 27.2. The van der Waals surface area contributed by atoms with Gasteiger partial charge >= 0.3 is 0 Å². The van der Waals surface area contributed by atoms with Crippen molar-refractivity contribution in [3.63, 3.8) is 0 Å². The van der Waals surface area contributed by atoms with Crippen LogP contribution >= 0.6 is 0 Å². The maximum atomic E-state index is 2.31. The molecule has 0 spiro atoms. The molecule has 0 saturated carbocycles. The van der Waals surface area contributed by atoms with Crippen molar-refractivity contribution in [1.82, 2.24) is 9.15 Å². The van der Waals surface area contributed by atoms with Crippen molar-refractivity contribution in [3.05, 3.63) is 121 Å². The molecule has 0 fully saturated rings. The Morgan fingerprint density at radius 3 is 0.636 bits per heavy atom. The molecule has 0 amide bonds. The Bertz CT molecular complexity index is 1450. The van der Waals surface area contributed by atoms with Gasteiger partial charge in [-0.2, -0.15) is 9.15 Å². The molecule has 0 unspecified atom stereocenters. The van der Waals surface area contributed by atoms with Gasteiger partial charge in [-0.1, -0.05) is 0 Å². The maximum Gasteiger partial charge on any atom is 0.212 e. The van der Waals surface area contributed by atoms with Gasteiger partial charge in [0, 0.05) is 152 Å². The van der Waals surface area contributed by atoms with Crippen molar-refractivity contribution in [1.29, 1.82) is 0 Å². The third kappa shape index (κ3) is 6.60. The number of hydrogen-bond donors (Lipinski definition) is 0. The number of benzene rings is 4. The molecule has 0 atom stereocenters. The Morgan fingerprint density at radius 2 is 0.477 bits per heavy atom. The molecule has 5 rings (SSSR count). The second-order valence-corrected chi connectivity index (χ2v) is 11.8. The van der Waals surface area contributed by atoms with Crippen molar-refractivity contribution in [2.24, 2.45) is 0 Å². The van der Waals surface area contributed by atoms with Crippen molar-refractivity contribution in [2.45, 2.75) is 0 Å². The second-order valence-electron chi connectivity index (χ2n) is 11.8. The highest BCUT2D eigenvalue weighted by Gasteiger charge is 2.24. The molecule has 6 heteroatoms. The van der Waals surface area contributed by atoms with Crippen LogP contribution < -0.4 is 28.8 Å². The van der Waals surface area contributed by atoms with Crippen LogP contribution in [0.1, 0.15) is 0 Å². The van der Waals surface area contributed by atoms with Gasteiger partial charge in [0.2, 0.25) is 34.2 Å². The highest BCUT2D eigenvalue weighted by atomic mass is 15.1. The van der Waals surface area contributed by atoms with Gasteiger partial charge in [0.15, 0.2) is 0 Å². The molecule has 0 aliphatic heterocycles. The van der Waals surface area contributed by atoms with Crippen LogP contribution in [0.15, 0.2) is 121 Å². The molecule has 4 aromatic carbocycles. The minimum Gasteiger partial charge on any atom is -0.378 e. The molecule has 0 heterocycles. The molecule has 1 aliphatic carbocycles. The first kappa shape index (κ1) is 30.4. The predicted molar refractivity (Wildman–Crippen MR) is 194 cm³/mol. The van der Waals surface area contributed by atoms with Crippen LogP contribution in [0.3, 0.4) is 0 Å². The third-order valence-corrected chi connectivity index (χ3v) is 7.86. The van der Waals surface area contributed by atoms with E-state index in [1.807, 2.05) is 0 Å². The van der Waals surface area contributed by atoms with Crippen LogP contribution in [0, 0.1) is 0 Å². The Hall–Kier alpha value is -5.10. The molecule has 0 aromatic heterocycles. The van der Waals surface area contributed by atoms with E-state index in [1.54, 1.807) is 0 Å². The largest absolute Gasteiger partial charge is 0.378 e. The minimum absolute atomic E-state index is 1.09. The molecule has 44 heavy (non-hydrogen) atoms. The average molecular weight is 585 g/mol. The fourth-order valence-corrected chi connectivity index (χ4v) is 5.24. The van der Waals surface area contributed by atoms with Gasteiger partial charge in [0.05, 0.1) is 0 Å². The smallest absolute Gasteiger partial charge is 0.212 e. The number of anilines is 4. The van der Waals surface area contributed by atoms with Crippen LogP contribution in [0.25, 0.3) is 0 Å². The summed E-state index contributed by atoms with van der Waals surface area (Å²) < 4.78 is 4.62. The van der Waals surface area contributed by atoms with Gasteiger partial charge in [-0.15, -0.1) is 0 Å². The van der Waals surface area contributed by atoms with Gasteiger partial charge in [-0.3, -0.25) is 0 Å². The summed E-state index contributed by atoms with van der Waals surface area (Å²) in [5.41, 5.74) is 11.3. The number of nitrogens with zero attached hydrogens (tertiary/aromatic N) is 6. The van der Waals surface area contributed by atoms with Crippen LogP contribution in [0.5, 0.6) is 0 Å². The zero-order valence-electron chi connectivity index (χ0n) is 27.2. The van der Waals surface area contributed by atoms with E-state index in [9.17, 15) is 0 Å². The Morgan fingerprint density at radius 1 is 0.295 bits per heavy atom. The van der Waals surface area contributed by atoms with E-state index in [1.165, 1.54) is 22.7 Å². The maximum absolute atomic E-state index is 2.31. The van der Waals surface area contributed by atoms with Crippen molar-refractivity contribution < 1.29 is 0 Å². The topological polar surface area (TPSA) is 19.0 Å². The standard InChI is InChI=1S/C38H44N6/c1-39(2)29-9-17-33(18-10-29)43(34-19-11-30(12-20-34)40(3)4)37-25-27-38(28-26-37)44(35-21-13-31(14-22-35)41(5)6)36-23-15-32(16-24-36)42(7)8/h9-28H,1-8H3/q+2. The van der Waals surface area contributed by atoms with Gasteiger partial charge < -0.3 is 19.6 Å². The lowest BCUT2D eigenvalue weighted by Gasteiger charge is -2.15. The lowest BCUT2D eigenvalue weighted by Crippen LogP contribution is -2.20. The zero-order chi connectivity index (χ0) is 31.4. The van der Waals surface area contributed by atoms with Crippen LogP contribution in [0.4, 0.5) is 45.5 Å². The van der Waals surface area contributed by atoms with E-state index < -0.39 is 0 Å². The third-order valence-electron chi connectivity index (χ3n) is 7.86. The van der Waals surface area contributed by atoms with Crippen LogP contribution in [-0.4, -0.2) is 67.8 Å². The van der Waals surface area contributed by atoms with E-state index in [4.69, 9.17) is 0 Å². The molecular weight excluding hydrogens is 540 g/mol. The summed E-state index contributed by atoms with van der Waals surface area (Å²) >= 11 is 0. The summed E-state index contributed by atoms with van der Waals surface area (Å²) in [7, 11) is 16.6. The molecule has 0 saturated heterocycles. The first-order chi connectivity index (χ1) is 21.1. The second kappa shape index (κ2) is 13.0. The minimum atomic E-state index is 1.09. The summed E-state index contributed by atoms with van der Waals surface area (Å²) in [5.74, 6) is 0. The van der Waals surface area contributed by atoms with E-state index in [2.05, 4.69) is 206 Å². The monoisotopic (exact) mass is 584 g/mol. The number of allylic oxidation sites excluding steroid dienone is 4. The Kier molecular flexibility index (Phi) is 9.00. The van der Waals surface area contributed by atoms with Gasteiger partial charge in [-0.25, -0.2) is 0 Å². The Balaban J connectivity index is 1.64. The quantitative estimate of drug-likeness (QED) is 0.159. The molecule has 0 radical (unpaired) electrons. The Labute approximate surface area is 263 Å². The first-order valence-corrected chi connectivity index (χ1v) is 14.9. The molecule has 0 N–H and O–H groups in total. The lowest BCUT2D eigenvalue weighted by atomic mass is 10.1. The van der Waals surface area contributed by atoms with Gasteiger partial charge in [-0.05, 0) is 48.5 Å². The summed E-state index contributed by atoms with van der Waals surface area (Å²) in [6.07, 6.45) is 8.85. The van der Waals surface area contributed by atoms with E-state index >= 15 is 0 Å².